The van der Waals surface area contributed by atoms with Crippen molar-refractivity contribution in [1.82, 2.24) is 4.81 Å². The first-order valence-electron chi connectivity index (χ1n) is 4.67. The van der Waals surface area contributed by atoms with E-state index in [-0.39, 0.29) is 7.05 Å². The van der Waals surface area contributed by atoms with Crippen molar-refractivity contribution in [3.05, 3.63) is 34.9 Å². The Hall–Kier alpha value is -0.795. The lowest BCUT2D eigenvalue weighted by molar-refractivity contribution is 0.380. The van der Waals surface area contributed by atoms with Crippen molar-refractivity contribution in [2.24, 2.45) is 0 Å². The van der Waals surface area contributed by atoms with E-state index in [1.807, 2.05) is 6.82 Å². The van der Waals surface area contributed by atoms with Crippen molar-refractivity contribution < 1.29 is 5.02 Å². The second kappa shape index (κ2) is 3.16. The minimum absolute atomic E-state index is 0.340. The molecule has 2 rings (SSSR count). The summed E-state index contributed by atoms with van der Waals surface area (Å²) in [5.41, 5.74) is 4.01. The molecule has 0 unspecified atom stereocenters. The fraction of sp³-hybridized carbons (Fsp3) is 0.400. The molecule has 0 amide bonds. The van der Waals surface area contributed by atoms with Crippen LogP contribution in [-0.2, 0) is 13.1 Å². The standard InChI is InChI=1S/C10H14BNO/c1-8-3-4-9-6-12(11(2)13)7-10(9)5-8/h3-5,13H,6-7H2,1-2H3. The third kappa shape index (κ3) is 1.62. The Labute approximate surface area is 79.3 Å². The summed E-state index contributed by atoms with van der Waals surface area (Å²) in [5.74, 6) is 0. The van der Waals surface area contributed by atoms with Gasteiger partial charge in [0.05, 0.1) is 0 Å². The average Bonchev–Trinajstić information content (AvgIpc) is 2.46. The molecule has 1 aromatic carbocycles. The minimum atomic E-state index is -0.340. The molecule has 2 nitrogen and oxygen atoms in total. The van der Waals surface area contributed by atoms with E-state index in [9.17, 15) is 5.02 Å². The number of benzene rings is 1. The second-order valence-electron chi connectivity index (χ2n) is 3.81. The summed E-state index contributed by atoms with van der Waals surface area (Å²) in [6, 6.07) is 6.50. The second-order valence-corrected chi connectivity index (χ2v) is 3.81. The molecule has 0 spiro atoms. The molecule has 1 aliphatic rings. The van der Waals surface area contributed by atoms with Gasteiger partial charge in [0, 0.05) is 13.1 Å². The summed E-state index contributed by atoms with van der Waals surface area (Å²) in [4.78, 5) is 2.06. The fourth-order valence-electron chi connectivity index (χ4n) is 1.81. The van der Waals surface area contributed by atoms with Crippen LogP contribution in [0, 0.1) is 6.92 Å². The lowest BCUT2D eigenvalue weighted by Crippen LogP contribution is -2.31. The lowest BCUT2D eigenvalue weighted by Gasteiger charge is -2.14. The number of rotatable bonds is 1. The van der Waals surface area contributed by atoms with Crippen LogP contribution in [-0.4, -0.2) is 16.9 Å². The van der Waals surface area contributed by atoms with Gasteiger partial charge in [0.1, 0.15) is 0 Å². The third-order valence-corrected chi connectivity index (χ3v) is 2.64. The van der Waals surface area contributed by atoms with E-state index in [0.717, 1.165) is 13.1 Å². The summed E-state index contributed by atoms with van der Waals surface area (Å²) in [5, 5.41) is 9.42. The van der Waals surface area contributed by atoms with Crippen LogP contribution in [0.25, 0.3) is 0 Å². The quantitative estimate of drug-likeness (QED) is 0.652. The van der Waals surface area contributed by atoms with Crippen LogP contribution < -0.4 is 0 Å². The van der Waals surface area contributed by atoms with Crippen molar-refractivity contribution in [2.75, 3.05) is 0 Å². The zero-order valence-corrected chi connectivity index (χ0v) is 8.12. The van der Waals surface area contributed by atoms with Crippen LogP contribution >= 0.6 is 0 Å². The van der Waals surface area contributed by atoms with Gasteiger partial charge in [0.25, 0.3) is 0 Å². The highest BCUT2D eigenvalue weighted by Crippen LogP contribution is 2.23. The lowest BCUT2D eigenvalue weighted by atomic mass is 9.86. The fourth-order valence-corrected chi connectivity index (χ4v) is 1.81. The molecule has 1 N–H and O–H groups in total. The molecule has 3 heteroatoms. The number of hydrogen-bond acceptors (Lipinski definition) is 2. The van der Waals surface area contributed by atoms with Crippen LogP contribution in [0.4, 0.5) is 0 Å². The van der Waals surface area contributed by atoms with E-state index in [1.54, 1.807) is 0 Å². The van der Waals surface area contributed by atoms with E-state index < -0.39 is 0 Å². The summed E-state index contributed by atoms with van der Waals surface area (Å²) in [7, 11) is -0.340. The molecule has 0 saturated heterocycles. The Morgan fingerprint density at radius 3 is 2.69 bits per heavy atom. The van der Waals surface area contributed by atoms with Crippen LogP contribution in [0.5, 0.6) is 0 Å². The predicted molar refractivity (Wildman–Crippen MR) is 54.3 cm³/mol. The summed E-state index contributed by atoms with van der Waals surface area (Å²) in [6.45, 7) is 5.69. The molecule has 0 radical (unpaired) electrons. The molecular formula is C10H14BNO. The molecule has 0 aliphatic carbocycles. The van der Waals surface area contributed by atoms with E-state index in [1.165, 1.54) is 16.7 Å². The molecule has 0 fully saturated rings. The van der Waals surface area contributed by atoms with Gasteiger partial charge in [-0.1, -0.05) is 23.8 Å². The van der Waals surface area contributed by atoms with Crippen LogP contribution in [0.3, 0.4) is 0 Å². The largest absolute Gasteiger partial charge is 0.437 e. The van der Waals surface area contributed by atoms with Gasteiger partial charge in [-0.15, -0.1) is 0 Å². The van der Waals surface area contributed by atoms with Gasteiger partial charge >= 0.3 is 7.05 Å². The number of aryl methyl sites for hydroxylation is 1. The van der Waals surface area contributed by atoms with Crippen molar-refractivity contribution in [3.63, 3.8) is 0 Å². The molecular weight excluding hydrogens is 161 g/mol. The monoisotopic (exact) mass is 175 g/mol. The van der Waals surface area contributed by atoms with Crippen LogP contribution in [0.15, 0.2) is 18.2 Å². The first-order valence-corrected chi connectivity index (χ1v) is 4.67. The minimum Gasteiger partial charge on any atom is -0.437 e. The van der Waals surface area contributed by atoms with Crippen molar-refractivity contribution >= 4 is 7.05 Å². The summed E-state index contributed by atoms with van der Waals surface area (Å²) < 4.78 is 0. The Morgan fingerprint density at radius 1 is 1.31 bits per heavy atom. The highest BCUT2D eigenvalue weighted by atomic mass is 16.2. The first-order chi connectivity index (χ1) is 6.16. The number of fused-ring (bicyclic) bond motifs is 1. The third-order valence-electron chi connectivity index (χ3n) is 2.64. The molecule has 13 heavy (non-hydrogen) atoms. The Kier molecular flexibility index (Phi) is 2.14. The maximum atomic E-state index is 9.42. The van der Waals surface area contributed by atoms with Gasteiger partial charge in [-0.2, -0.15) is 0 Å². The maximum Gasteiger partial charge on any atom is 0.376 e. The van der Waals surface area contributed by atoms with Gasteiger partial charge in [-0.3, -0.25) is 0 Å². The maximum absolute atomic E-state index is 9.42. The molecule has 0 saturated carbocycles. The molecule has 0 aromatic heterocycles. The SMILES string of the molecule is CB(O)N1Cc2ccc(C)cc2C1. The Bertz CT molecular complexity index is 325. The molecule has 1 heterocycles. The number of nitrogens with zero attached hydrogens (tertiary/aromatic N) is 1. The topological polar surface area (TPSA) is 23.5 Å². The Balaban J connectivity index is 2.25. The van der Waals surface area contributed by atoms with Crippen LogP contribution in [0.1, 0.15) is 16.7 Å². The van der Waals surface area contributed by atoms with E-state index in [0.29, 0.717) is 0 Å². The first kappa shape index (κ1) is 8.79. The average molecular weight is 175 g/mol. The number of hydrogen-bond donors (Lipinski definition) is 1. The summed E-state index contributed by atoms with van der Waals surface area (Å²) >= 11 is 0. The highest BCUT2D eigenvalue weighted by molar-refractivity contribution is 6.45. The zero-order chi connectivity index (χ0) is 9.42. The van der Waals surface area contributed by atoms with E-state index in [2.05, 4.69) is 29.9 Å². The van der Waals surface area contributed by atoms with Crippen molar-refractivity contribution in [1.29, 1.82) is 0 Å². The zero-order valence-electron chi connectivity index (χ0n) is 8.12. The predicted octanol–water partition coefficient (Wildman–Crippen LogP) is 1.42. The highest BCUT2D eigenvalue weighted by Gasteiger charge is 2.24. The molecule has 0 bridgehead atoms. The van der Waals surface area contributed by atoms with Gasteiger partial charge in [0.2, 0.25) is 0 Å². The van der Waals surface area contributed by atoms with Crippen molar-refractivity contribution in [2.45, 2.75) is 26.8 Å². The molecule has 0 atom stereocenters. The molecule has 68 valence electrons. The normalized spacial score (nSPS) is 15.9. The smallest absolute Gasteiger partial charge is 0.376 e. The van der Waals surface area contributed by atoms with E-state index >= 15 is 0 Å². The van der Waals surface area contributed by atoms with E-state index in [4.69, 9.17) is 0 Å². The van der Waals surface area contributed by atoms with Gasteiger partial charge in [-0.05, 0) is 24.9 Å². The van der Waals surface area contributed by atoms with Gasteiger partial charge in [0.15, 0.2) is 0 Å². The van der Waals surface area contributed by atoms with Crippen LogP contribution in [0.2, 0.25) is 6.82 Å². The molecule has 1 aromatic rings. The Morgan fingerprint density at radius 2 is 2.00 bits per heavy atom. The van der Waals surface area contributed by atoms with Gasteiger partial charge in [-0.25, -0.2) is 0 Å². The van der Waals surface area contributed by atoms with Crippen molar-refractivity contribution in [3.8, 4) is 0 Å². The van der Waals surface area contributed by atoms with Gasteiger partial charge < -0.3 is 9.83 Å². The molecule has 1 aliphatic heterocycles. The summed E-state index contributed by atoms with van der Waals surface area (Å²) in [6.07, 6.45) is 0.